The number of hydrogen-bond donors (Lipinski definition) is 0. The van der Waals surface area contributed by atoms with Crippen molar-refractivity contribution in [3.05, 3.63) is 164 Å². The highest BCUT2D eigenvalue weighted by molar-refractivity contribution is 6.99. The molecule has 0 fully saturated rings. The number of hydrogen-bond acceptors (Lipinski definition) is 2. The van der Waals surface area contributed by atoms with Crippen LogP contribution in [0.5, 0.6) is 11.5 Å². The van der Waals surface area contributed by atoms with Crippen LogP contribution in [-0.2, 0) is 0 Å². The molecule has 0 amide bonds. The van der Waals surface area contributed by atoms with Gasteiger partial charge in [-0.1, -0.05) is 115 Å². The summed E-state index contributed by atoms with van der Waals surface area (Å²) in [5.74, 6) is 1.85. The SMILES string of the molecule is c1ccc(-n2c3ccccc3c3cccc(-c4ccccc4N4c5ccccc5B5c6ccccc6Oc6cccc4c65)c32)cc1. The number of para-hydroxylation sites is 6. The Morgan fingerprint density at radius 3 is 1.98 bits per heavy atom. The first-order valence-corrected chi connectivity index (χ1v) is 15.8. The van der Waals surface area contributed by atoms with Gasteiger partial charge in [0.25, 0.3) is 6.71 Å². The third-order valence-electron chi connectivity index (χ3n) is 9.66. The van der Waals surface area contributed by atoms with Gasteiger partial charge in [0.1, 0.15) is 11.5 Å². The lowest BCUT2D eigenvalue weighted by atomic mass is 9.34. The second-order valence-corrected chi connectivity index (χ2v) is 12.1. The van der Waals surface area contributed by atoms with Gasteiger partial charge in [0, 0.05) is 39.0 Å². The van der Waals surface area contributed by atoms with E-state index in [9.17, 15) is 0 Å². The molecule has 3 heterocycles. The van der Waals surface area contributed by atoms with E-state index >= 15 is 0 Å². The molecule has 1 aromatic heterocycles. The molecule has 7 aromatic carbocycles. The van der Waals surface area contributed by atoms with Gasteiger partial charge in [0.2, 0.25) is 0 Å². The summed E-state index contributed by atoms with van der Waals surface area (Å²) in [5, 5.41) is 2.49. The molecule has 2 aliphatic heterocycles. The average molecular weight is 587 g/mol. The second-order valence-electron chi connectivity index (χ2n) is 12.1. The quantitative estimate of drug-likeness (QED) is 0.193. The fraction of sp³-hybridized carbons (Fsp3) is 0. The van der Waals surface area contributed by atoms with Crippen molar-refractivity contribution in [1.29, 1.82) is 0 Å². The van der Waals surface area contributed by atoms with E-state index in [0.29, 0.717) is 0 Å². The molecule has 0 bridgehead atoms. The predicted molar refractivity (Wildman–Crippen MR) is 192 cm³/mol. The maximum Gasteiger partial charge on any atom is 0.256 e. The molecule has 2 aliphatic rings. The molecule has 0 aliphatic carbocycles. The Kier molecular flexibility index (Phi) is 5.37. The van der Waals surface area contributed by atoms with Gasteiger partial charge in [-0.25, -0.2) is 0 Å². The smallest absolute Gasteiger partial charge is 0.256 e. The molecule has 0 saturated heterocycles. The summed E-state index contributed by atoms with van der Waals surface area (Å²) < 4.78 is 8.99. The maximum atomic E-state index is 6.56. The Labute approximate surface area is 267 Å². The standard InChI is InChI=1S/C42H27BN2O/c1-2-14-28(15-3-1)44-35-22-8-4-16-29(35)31-18-12-19-32(42(31)44)30-17-5-9-23-36(30)45-37-24-10-6-20-33(37)43-34-21-7-11-26-39(34)46-40-27-13-25-38(45)41(40)43/h1-27H. The molecule has 0 spiro atoms. The van der Waals surface area contributed by atoms with E-state index in [2.05, 4.69) is 173 Å². The van der Waals surface area contributed by atoms with Gasteiger partial charge in [0.15, 0.2) is 0 Å². The normalized spacial score (nSPS) is 12.9. The van der Waals surface area contributed by atoms with Crippen molar-refractivity contribution in [2.24, 2.45) is 0 Å². The minimum absolute atomic E-state index is 0.0970. The molecule has 3 nitrogen and oxygen atoms in total. The third kappa shape index (κ3) is 3.50. The van der Waals surface area contributed by atoms with Gasteiger partial charge < -0.3 is 14.2 Å². The highest BCUT2D eigenvalue weighted by atomic mass is 16.5. The average Bonchev–Trinajstić information content (AvgIpc) is 3.47. The number of benzene rings is 7. The highest BCUT2D eigenvalue weighted by Gasteiger charge is 2.41. The first kappa shape index (κ1) is 25.3. The third-order valence-corrected chi connectivity index (χ3v) is 9.66. The van der Waals surface area contributed by atoms with E-state index in [1.54, 1.807) is 0 Å². The van der Waals surface area contributed by atoms with Crippen LogP contribution in [0.2, 0.25) is 0 Å². The maximum absolute atomic E-state index is 6.56. The van der Waals surface area contributed by atoms with Crippen molar-refractivity contribution in [2.45, 2.75) is 0 Å². The molecule has 46 heavy (non-hydrogen) atoms. The molecule has 214 valence electrons. The van der Waals surface area contributed by atoms with E-state index in [1.165, 1.54) is 55.0 Å². The number of aromatic nitrogens is 1. The van der Waals surface area contributed by atoms with Gasteiger partial charge in [-0.05, 0) is 64.9 Å². The van der Waals surface area contributed by atoms with Gasteiger partial charge in [-0.2, -0.15) is 0 Å². The first-order chi connectivity index (χ1) is 22.9. The lowest BCUT2D eigenvalue weighted by Crippen LogP contribution is -2.59. The van der Waals surface area contributed by atoms with Crippen LogP contribution in [0.1, 0.15) is 0 Å². The minimum Gasteiger partial charge on any atom is -0.458 e. The number of fused-ring (bicyclic) bond motifs is 7. The zero-order chi connectivity index (χ0) is 30.2. The van der Waals surface area contributed by atoms with Crippen molar-refractivity contribution in [1.82, 2.24) is 4.57 Å². The Hall–Kier alpha value is -6.00. The van der Waals surface area contributed by atoms with Crippen LogP contribution in [0.3, 0.4) is 0 Å². The van der Waals surface area contributed by atoms with Crippen molar-refractivity contribution in [2.75, 3.05) is 4.90 Å². The van der Waals surface area contributed by atoms with Gasteiger partial charge in [-0.3, -0.25) is 0 Å². The molecule has 0 atom stereocenters. The molecular weight excluding hydrogens is 559 g/mol. The molecule has 0 N–H and O–H groups in total. The summed E-state index contributed by atoms with van der Waals surface area (Å²) in [7, 11) is 0. The van der Waals surface area contributed by atoms with E-state index in [4.69, 9.17) is 4.74 Å². The van der Waals surface area contributed by atoms with Crippen molar-refractivity contribution in [3.63, 3.8) is 0 Å². The molecule has 0 radical (unpaired) electrons. The molecule has 0 saturated carbocycles. The molecule has 8 aromatic rings. The largest absolute Gasteiger partial charge is 0.458 e. The molecule has 4 heteroatoms. The van der Waals surface area contributed by atoms with Gasteiger partial charge in [0.05, 0.1) is 16.7 Å². The van der Waals surface area contributed by atoms with Crippen molar-refractivity contribution in [3.8, 4) is 28.3 Å². The van der Waals surface area contributed by atoms with Crippen LogP contribution in [0.4, 0.5) is 17.1 Å². The fourth-order valence-electron chi connectivity index (χ4n) is 7.82. The van der Waals surface area contributed by atoms with Crippen LogP contribution in [0, 0.1) is 0 Å². The van der Waals surface area contributed by atoms with Crippen LogP contribution >= 0.6 is 0 Å². The highest BCUT2D eigenvalue weighted by Crippen LogP contribution is 2.46. The van der Waals surface area contributed by atoms with E-state index in [1.807, 2.05) is 0 Å². The fourth-order valence-corrected chi connectivity index (χ4v) is 7.82. The predicted octanol–water partition coefficient (Wildman–Crippen LogP) is 8.86. The van der Waals surface area contributed by atoms with Crippen LogP contribution in [-0.4, -0.2) is 11.3 Å². The van der Waals surface area contributed by atoms with Crippen molar-refractivity contribution >= 4 is 62.0 Å². The molecule has 0 unspecified atom stereocenters. The first-order valence-electron chi connectivity index (χ1n) is 15.8. The summed E-state index contributed by atoms with van der Waals surface area (Å²) in [4.78, 5) is 2.45. The molecular formula is C42H27BN2O. The number of rotatable bonds is 3. The molecule has 10 rings (SSSR count). The Balaban J connectivity index is 1.27. The number of ether oxygens (including phenoxy) is 1. The van der Waals surface area contributed by atoms with Crippen molar-refractivity contribution < 1.29 is 4.74 Å². The topological polar surface area (TPSA) is 17.4 Å². The second kappa shape index (κ2) is 9.75. The summed E-state index contributed by atoms with van der Waals surface area (Å²) in [6, 6.07) is 58.8. The Bertz CT molecular complexity index is 2480. The number of anilines is 3. The zero-order valence-corrected chi connectivity index (χ0v) is 25.0. The van der Waals surface area contributed by atoms with E-state index < -0.39 is 0 Å². The van der Waals surface area contributed by atoms with E-state index in [0.717, 1.165) is 28.6 Å². The lowest BCUT2D eigenvalue weighted by molar-refractivity contribution is 0.487. The van der Waals surface area contributed by atoms with Crippen LogP contribution < -0.4 is 26.0 Å². The van der Waals surface area contributed by atoms with Gasteiger partial charge in [-0.15, -0.1) is 0 Å². The summed E-state index contributed by atoms with van der Waals surface area (Å²) >= 11 is 0. The summed E-state index contributed by atoms with van der Waals surface area (Å²) in [6.45, 7) is 0.0970. The minimum atomic E-state index is 0.0970. The monoisotopic (exact) mass is 586 g/mol. The van der Waals surface area contributed by atoms with Gasteiger partial charge >= 0.3 is 0 Å². The Morgan fingerprint density at radius 2 is 1.07 bits per heavy atom. The Morgan fingerprint density at radius 1 is 0.435 bits per heavy atom. The zero-order valence-electron chi connectivity index (χ0n) is 25.0. The summed E-state index contributed by atoms with van der Waals surface area (Å²) in [6.07, 6.45) is 0. The summed E-state index contributed by atoms with van der Waals surface area (Å²) in [5.41, 5.74) is 13.1. The van der Waals surface area contributed by atoms with Crippen LogP contribution in [0.15, 0.2) is 164 Å². The van der Waals surface area contributed by atoms with E-state index in [-0.39, 0.29) is 6.71 Å². The van der Waals surface area contributed by atoms with Crippen LogP contribution in [0.25, 0.3) is 38.6 Å². The number of nitrogens with zero attached hydrogens (tertiary/aromatic N) is 2. The lowest BCUT2D eigenvalue weighted by Gasteiger charge is -2.40.